The summed E-state index contributed by atoms with van der Waals surface area (Å²) < 4.78 is 81.5. The lowest BCUT2D eigenvalue weighted by atomic mass is 10.2. The Kier molecular flexibility index (Phi) is 7.93. The van der Waals surface area contributed by atoms with Gasteiger partial charge in [0.05, 0.1) is 25.0 Å². The molecule has 6 nitrogen and oxygen atoms in total. The molecule has 0 spiro atoms. The third-order valence-corrected chi connectivity index (χ3v) is 9.80. The molecule has 0 aliphatic rings. The predicted octanol–water partition coefficient (Wildman–Crippen LogP) is 7.58. The summed E-state index contributed by atoms with van der Waals surface area (Å²) in [5, 5.41) is 0. The Morgan fingerprint density at radius 1 is 0.649 bits per heavy atom. The van der Waals surface area contributed by atoms with E-state index in [0.717, 1.165) is 0 Å². The van der Waals surface area contributed by atoms with Gasteiger partial charge in [-0.3, -0.25) is 8.61 Å². The Morgan fingerprint density at radius 3 is 1.32 bits per heavy atom. The molecule has 0 bridgehead atoms. The molecule has 0 saturated carbocycles. The average Bonchev–Trinajstić information content (AvgIpc) is 2.76. The lowest BCUT2D eigenvalue weighted by Gasteiger charge is -2.35. The Morgan fingerprint density at radius 2 is 1.00 bits per heavy atom. The van der Waals surface area contributed by atoms with Crippen molar-refractivity contribution in [1.29, 1.82) is 0 Å². The molecule has 0 fully saturated rings. The highest BCUT2D eigenvalue weighted by molar-refractivity contribution is 8.32. The molecule has 0 amide bonds. The Balaban J connectivity index is 2.29. The predicted molar refractivity (Wildman–Crippen MR) is 138 cm³/mol. The van der Waals surface area contributed by atoms with E-state index in [4.69, 9.17) is 9.47 Å². The van der Waals surface area contributed by atoms with Crippen LogP contribution in [-0.4, -0.2) is 33.7 Å². The first-order valence-corrected chi connectivity index (χ1v) is 14.3. The topological polar surface area (TPSA) is 78.3 Å². The van der Waals surface area contributed by atoms with Crippen LogP contribution in [0.15, 0.2) is 87.7 Å². The standard InChI is InChI=1S/C26H30F3NO5S2/c1-24(2,3)33-19-7-11-21(12-8-19)36(23-15-17-30-18-16-23,35-37(31,32)26(27,28)29)22-13-9-20(10-14-22)34-25(4,5)6/h7-18H,1-6H3/p+1. The molecular formula is C26H31F3NO5S2+. The number of alkyl halides is 3. The highest BCUT2D eigenvalue weighted by Gasteiger charge is 2.58. The second-order valence-corrected chi connectivity index (χ2v) is 14.7. The van der Waals surface area contributed by atoms with Crippen LogP contribution in [0, 0.1) is 0 Å². The largest absolute Gasteiger partial charge is 0.572 e. The summed E-state index contributed by atoms with van der Waals surface area (Å²) in [5.74, 6) is 0.957. The van der Waals surface area contributed by atoms with Gasteiger partial charge in [0.15, 0.2) is 0 Å². The third kappa shape index (κ3) is 6.97. The van der Waals surface area contributed by atoms with Gasteiger partial charge < -0.3 is 9.47 Å². The monoisotopic (exact) mass is 558 g/mol. The molecule has 1 N–H and O–H groups in total. The minimum Gasteiger partial charge on any atom is -0.488 e. The molecule has 37 heavy (non-hydrogen) atoms. The van der Waals surface area contributed by atoms with E-state index in [0.29, 0.717) is 11.5 Å². The molecule has 0 aliphatic carbocycles. The van der Waals surface area contributed by atoms with Crippen molar-refractivity contribution in [2.75, 3.05) is 0 Å². The fourth-order valence-electron chi connectivity index (χ4n) is 3.38. The Hall–Kier alpha value is -2.76. The highest BCUT2D eigenvalue weighted by atomic mass is 32.3. The van der Waals surface area contributed by atoms with Crippen molar-refractivity contribution in [3.05, 3.63) is 73.1 Å². The van der Waals surface area contributed by atoms with Crippen LogP contribution < -0.4 is 9.47 Å². The lowest BCUT2D eigenvalue weighted by molar-refractivity contribution is -0.0540. The summed E-state index contributed by atoms with van der Waals surface area (Å²) in [6.07, 6.45) is 2.78. The normalized spacial score (nSPS) is 13.8. The first-order valence-electron chi connectivity index (χ1n) is 11.3. The minimum atomic E-state index is -5.90. The van der Waals surface area contributed by atoms with Crippen LogP contribution >= 0.6 is 10.3 Å². The summed E-state index contributed by atoms with van der Waals surface area (Å²) in [7, 11) is -9.23. The van der Waals surface area contributed by atoms with E-state index in [9.17, 15) is 21.6 Å². The van der Waals surface area contributed by atoms with Gasteiger partial charge >= 0.3 is 15.6 Å². The summed E-state index contributed by atoms with van der Waals surface area (Å²) in [4.78, 5) is 4.78. The maximum absolute atomic E-state index is 13.7. The maximum atomic E-state index is 13.7. The zero-order valence-corrected chi connectivity index (χ0v) is 23.0. The lowest BCUT2D eigenvalue weighted by Crippen LogP contribution is -2.30. The van der Waals surface area contributed by atoms with Crippen molar-refractivity contribution < 1.29 is 34.7 Å². The maximum Gasteiger partial charge on any atom is 0.572 e. The molecule has 0 saturated heterocycles. The van der Waals surface area contributed by atoms with Gasteiger partial charge in [0, 0.05) is 12.4 Å². The molecule has 0 aliphatic heterocycles. The molecule has 1 heterocycles. The second kappa shape index (κ2) is 10.2. The molecule has 0 radical (unpaired) electrons. The van der Waals surface area contributed by atoms with Crippen molar-refractivity contribution in [2.24, 2.45) is 0 Å². The van der Waals surface area contributed by atoms with E-state index in [1.165, 1.54) is 24.5 Å². The SMILES string of the molecule is CC(C)(C)Oc1ccc(S([OH+]S(=O)(=O)C(F)(F)F)(c2ccncc2)c2ccc(OC(C)(C)C)cc2)cc1. The first kappa shape index (κ1) is 28.8. The van der Waals surface area contributed by atoms with Gasteiger partial charge in [-0.1, -0.05) is 0 Å². The number of halogens is 3. The van der Waals surface area contributed by atoms with Crippen LogP contribution in [0.25, 0.3) is 0 Å². The molecule has 0 unspecified atom stereocenters. The van der Waals surface area contributed by atoms with Crippen molar-refractivity contribution in [3.8, 4) is 11.5 Å². The van der Waals surface area contributed by atoms with Crippen LogP contribution in [0.4, 0.5) is 13.2 Å². The number of ether oxygens (including phenoxy) is 2. The molecule has 11 heteroatoms. The number of aromatic nitrogens is 1. The van der Waals surface area contributed by atoms with Crippen LogP contribution in [0.5, 0.6) is 11.5 Å². The average molecular weight is 559 g/mol. The van der Waals surface area contributed by atoms with E-state index in [-0.39, 0.29) is 14.7 Å². The Bertz CT molecular complexity index is 1240. The molecular weight excluding hydrogens is 527 g/mol. The number of nitrogens with zero attached hydrogens (tertiary/aromatic N) is 1. The van der Waals surface area contributed by atoms with Crippen molar-refractivity contribution in [1.82, 2.24) is 4.98 Å². The number of hydrogen-bond donors (Lipinski definition) is 0. The highest BCUT2D eigenvalue weighted by Crippen LogP contribution is 2.69. The smallest absolute Gasteiger partial charge is 0.488 e. The quantitative estimate of drug-likeness (QED) is 0.170. The number of pyridine rings is 1. The summed E-state index contributed by atoms with van der Waals surface area (Å²) >= 11 is 0. The van der Waals surface area contributed by atoms with Crippen molar-refractivity contribution in [2.45, 2.75) is 72.9 Å². The number of rotatable bonds is 7. The second-order valence-electron chi connectivity index (χ2n) is 10.1. The van der Waals surface area contributed by atoms with E-state index in [2.05, 4.69) is 8.61 Å². The Labute approximate surface area is 217 Å². The van der Waals surface area contributed by atoms with E-state index in [1.807, 2.05) is 41.5 Å². The first-order chi connectivity index (χ1) is 16.9. The third-order valence-electron chi connectivity index (χ3n) is 4.67. The molecule has 1 aromatic heterocycles. The van der Waals surface area contributed by atoms with Gasteiger partial charge in [-0.25, -0.2) is 0 Å². The minimum absolute atomic E-state index is 0.268. The van der Waals surface area contributed by atoms with E-state index < -0.39 is 37.1 Å². The summed E-state index contributed by atoms with van der Waals surface area (Å²) in [6.45, 7) is 11.2. The molecule has 3 rings (SSSR count). The van der Waals surface area contributed by atoms with Gasteiger partial charge in [0.2, 0.25) is 0 Å². The fourth-order valence-corrected chi connectivity index (χ4v) is 8.32. The van der Waals surface area contributed by atoms with Gasteiger partial charge in [-0.15, -0.1) is 8.42 Å². The van der Waals surface area contributed by atoms with E-state index >= 15 is 0 Å². The van der Waals surface area contributed by atoms with Crippen molar-refractivity contribution >= 4 is 20.4 Å². The van der Waals surface area contributed by atoms with Gasteiger partial charge in [-0.05, 0) is 102 Å². The van der Waals surface area contributed by atoms with Crippen LogP contribution in [-0.2, 0) is 10.1 Å². The summed E-state index contributed by atoms with van der Waals surface area (Å²) in [6, 6.07) is 15.5. The zero-order valence-electron chi connectivity index (χ0n) is 21.4. The summed E-state index contributed by atoms with van der Waals surface area (Å²) in [5.41, 5.74) is -6.60. The molecule has 3 aromatic rings. The number of benzene rings is 2. The van der Waals surface area contributed by atoms with Gasteiger partial charge in [-0.2, -0.15) is 13.2 Å². The van der Waals surface area contributed by atoms with Crippen molar-refractivity contribution in [3.63, 3.8) is 0 Å². The molecule has 2 aromatic carbocycles. The van der Waals surface area contributed by atoms with Crippen LogP contribution in [0.1, 0.15) is 41.5 Å². The van der Waals surface area contributed by atoms with Crippen LogP contribution in [0.3, 0.4) is 0 Å². The van der Waals surface area contributed by atoms with E-state index in [1.54, 1.807) is 48.5 Å². The fraction of sp³-hybridized carbons (Fsp3) is 0.346. The van der Waals surface area contributed by atoms with Gasteiger partial charge in [0.25, 0.3) is 0 Å². The molecule has 202 valence electrons. The van der Waals surface area contributed by atoms with Crippen LogP contribution in [0.2, 0.25) is 0 Å². The zero-order chi connectivity index (χ0) is 27.7. The number of hydrogen-bond acceptors (Lipinski definition) is 5. The molecule has 0 atom stereocenters. The van der Waals surface area contributed by atoms with Gasteiger partial charge in [0.1, 0.15) is 22.7 Å².